The number of ether oxygens (including phenoxy) is 1. The molecule has 0 saturated carbocycles. The second-order valence-electron chi connectivity index (χ2n) is 5.16. The molecule has 0 bridgehead atoms. The minimum atomic E-state index is 0.718. The molecular weight excluding hydrogens is 286 g/mol. The quantitative estimate of drug-likeness (QED) is 0.820. The van der Waals surface area contributed by atoms with Gasteiger partial charge in [-0.05, 0) is 44.5 Å². The first-order valence-corrected chi connectivity index (χ1v) is 7.58. The third-order valence-corrected chi connectivity index (χ3v) is 3.78. The van der Waals surface area contributed by atoms with Crippen LogP contribution in [0, 0.1) is 13.8 Å². The smallest absolute Gasteiger partial charge is 0.171 e. The van der Waals surface area contributed by atoms with E-state index >= 15 is 0 Å². The molecule has 0 aliphatic carbocycles. The first-order valence-electron chi connectivity index (χ1n) is 7.20. The van der Waals surface area contributed by atoms with Crippen molar-refractivity contribution >= 4 is 11.6 Å². The Bertz CT molecular complexity index is 622. The summed E-state index contributed by atoms with van der Waals surface area (Å²) in [6.07, 6.45) is 1.11. The van der Waals surface area contributed by atoms with Crippen molar-refractivity contribution in [3.8, 4) is 11.5 Å². The zero-order valence-electron chi connectivity index (χ0n) is 13.0. The molecule has 2 aromatic rings. The van der Waals surface area contributed by atoms with Crippen LogP contribution in [-0.4, -0.2) is 16.3 Å². The van der Waals surface area contributed by atoms with Crippen LogP contribution in [0.2, 0.25) is 5.02 Å². The Morgan fingerprint density at radius 3 is 2.67 bits per heavy atom. The summed E-state index contributed by atoms with van der Waals surface area (Å²) in [6.45, 7) is 7.83. The van der Waals surface area contributed by atoms with Crippen molar-refractivity contribution in [2.75, 3.05) is 6.54 Å². The third kappa shape index (κ3) is 3.77. The molecule has 0 saturated heterocycles. The van der Waals surface area contributed by atoms with E-state index in [-0.39, 0.29) is 0 Å². The second-order valence-corrected chi connectivity index (χ2v) is 5.56. The molecule has 1 aromatic carbocycles. The Morgan fingerprint density at radius 1 is 1.33 bits per heavy atom. The van der Waals surface area contributed by atoms with E-state index in [0.29, 0.717) is 0 Å². The molecule has 1 heterocycles. The Labute approximate surface area is 131 Å². The topological polar surface area (TPSA) is 39.1 Å². The van der Waals surface area contributed by atoms with Crippen molar-refractivity contribution in [2.24, 2.45) is 7.05 Å². The van der Waals surface area contributed by atoms with Gasteiger partial charge in [0.25, 0.3) is 0 Å². The summed E-state index contributed by atoms with van der Waals surface area (Å²) in [7, 11) is 1.91. The number of hydrogen-bond donors (Lipinski definition) is 1. The van der Waals surface area contributed by atoms with Crippen LogP contribution in [0.25, 0.3) is 0 Å². The van der Waals surface area contributed by atoms with Crippen LogP contribution in [0.3, 0.4) is 0 Å². The summed E-state index contributed by atoms with van der Waals surface area (Å²) < 4.78 is 7.75. The Balaban J connectivity index is 2.13. The summed E-state index contributed by atoms with van der Waals surface area (Å²) in [5, 5.41) is 8.41. The summed E-state index contributed by atoms with van der Waals surface area (Å²) in [4.78, 5) is 0. The minimum absolute atomic E-state index is 0.718. The van der Waals surface area contributed by atoms with E-state index in [1.54, 1.807) is 0 Å². The standard InChI is InChI=1S/C16H22ClN3O/c1-5-8-18-10-13-6-7-14(9-15(13)17)21-16-11(2)19-20(4)12(16)3/h6-7,9,18H,5,8,10H2,1-4H3. The highest BCUT2D eigenvalue weighted by atomic mass is 35.5. The van der Waals surface area contributed by atoms with Crippen LogP contribution in [0.15, 0.2) is 18.2 Å². The largest absolute Gasteiger partial charge is 0.453 e. The molecule has 114 valence electrons. The van der Waals surface area contributed by atoms with Gasteiger partial charge in [0.05, 0.1) is 5.69 Å². The molecule has 21 heavy (non-hydrogen) atoms. The normalized spacial score (nSPS) is 10.9. The Kier molecular flexibility index (Phi) is 5.26. The third-order valence-electron chi connectivity index (χ3n) is 3.43. The van der Waals surface area contributed by atoms with Crippen LogP contribution in [0.5, 0.6) is 11.5 Å². The lowest BCUT2D eigenvalue weighted by Crippen LogP contribution is -2.13. The lowest BCUT2D eigenvalue weighted by Gasteiger charge is -2.10. The lowest BCUT2D eigenvalue weighted by molar-refractivity contribution is 0.474. The van der Waals surface area contributed by atoms with E-state index in [1.165, 1.54) is 0 Å². The Hall–Kier alpha value is -1.52. The molecule has 0 aliphatic heterocycles. The number of nitrogens with one attached hydrogen (secondary N) is 1. The van der Waals surface area contributed by atoms with Crippen LogP contribution >= 0.6 is 11.6 Å². The zero-order valence-corrected chi connectivity index (χ0v) is 13.8. The van der Waals surface area contributed by atoms with Gasteiger partial charge in [-0.15, -0.1) is 0 Å². The summed E-state index contributed by atoms with van der Waals surface area (Å²) in [5.41, 5.74) is 2.95. The molecule has 0 radical (unpaired) electrons. The molecule has 1 aromatic heterocycles. The SMILES string of the molecule is CCCNCc1ccc(Oc2c(C)nn(C)c2C)cc1Cl. The van der Waals surface area contributed by atoms with Gasteiger partial charge < -0.3 is 10.1 Å². The van der Waals surface area contributed by atoms with E-state index in [4.69, 9.17) is 16.3 Å². The van der Waals surface area contributed by atoms with Gasteiger partial charge >= 0.3 is 0 Å². The molecule has 0 aliphatic rings. The van der Waals surface area contributed by atoms with Crippen molar-refractivity contribution in [1.29, 1.82) is 0 Å². The molecule has 0 amide bonds. The second kappa shape index (κ2) is 6.96. The fourth-order valence-corrected chi connectivity index (χ4v) is 2.39. The fraction of sp³-hybridized carbons (Fsp3) is 0.438. The zero-order chi connectivity index (χ0) is 15.4. The van der Waals surface area contributed by atoms with Gasteiger partial charge in [-0.2, -0.15) is 5.10 Å². The summed E-state index contributed by atoms with van der Waals surface area (Å²) in [6, 6.07) is 5.80. The molecule has 0 unspecified atom stereocenters. The highest BCUT2D eigenvalue weighted by Gasteiger charge is 2.12. The molecule has 4 nitrogen and oxygen atoms in total. The molecule has 5 heteroatoms. The Morgan fingerprint density at radius 2 is 2.10 bits per heavy atom. The predicted molar refractivity (Wildman–Crippen MR) is 86.2 cm³/mol. The van der Waals surface area contributed by atoms with Gasteiger partial charge in [0.15, 0.2) is 5.75 Å². The van der Waals surface area contributed by atoms with Crippen molar-refractivity contribution < 1.29 is 4.74 Å². The van der Waals surface area contributed by atoms with Gasteiger partial charge in [-0.1, -0.05) is 24.6 Å². The predicted octanol–water partition coefficient (Wildman–Crippen LogP) is 3.98. The van der Waals surface area contributed by atoms with Crippen LogP contribution < -0.4 is 10.1 Å². The first kappa shape index (κ1) is 15.9. The first-order chi connectivity index (χ1) is 10.0. The van der Waals surface area contributed by atoms with Crippen molar-refractivity contribution in [3.63, 3.8) is 0 Å². The van der Waals surface area contributed by atoms with E-state index in [1.807, 2.05) is 43.8 Å². The van der Waals surface area contributed by atoms with Gasteiger partial charge in [0.2, 0.25) is 0 Å². The molecule has 0 fully saturated rings. The van der Waals surface area contributed by atoms with E-state index in [0.717, 1.165) is 53.0 Å². The summed E-state index contributed by atoms with van der Waals surface area (Å²) >= 11 is 6.32. The number of halogens is 1. The van der Waals surface area contributed by atoms with Crippen LogP contribution in [-0.2, 0) is 13.6 Å². The lowest BCUT2D eigenvalue weighted by atomic mass is 10.2. The average Bonchev–Trinajstić information content (AvgIpc) is 2.68. The van der Waals surface area contributed by atoms with Gasteiger partial charge in [0, 0.05) is 18.6 Å². The number of hydrogen-bond acceptors (Lipinski definition) is 3. The van der Waals surface area contributed by atoms with Crippen molar-refractivity contribution in [2.45, 2.75) is 33.7 Å². The number of aryl methyl sites for hydroxylation is 2. The van der Waals surface area contributed by atoms with Crippen molar-refractivity contribution in [3.05, 3.63) is 40.2 Å². The number of rotatable bonds is 6. The highest BCUT2D eigenvalue weighted by Crippen LogP contribution is 2.30. The molecule has 0 atom stereocenters. The van der Waals surface area contributed by atoms with Crippen molar-refractivity contribution in [1.82, 2.24) is 15.1 Å². The fourth-order valence-electron chi connectivity index (χ4n) is 2.15. The van der Waals surface area contributed by atoms with Gasteiger partial charge in [0.1, 0.15) is 11.4 Å². The van der Waals surface area contributed by atoms with E-state index in [2.05, 4.69) is 17.3 Å². The maximum atomic E-state index is 6.32. The molecular formula is C16H22ClN3O. The monoisotopic (exact) mass is 307 g/mol. The number of benzene rings is 1. The number of nitrogens with zero attached hydrogens (tertiary/aromatic N) is 2. The highest BCUT2D eigenvalue weighted by molar-refractivity contribution is 6.31. The summed E-state index contributed by atoms with van der Waals surface area (Å²) in [5.74, 6) is 1.53. The molecule has 0 spiro atoms. The maximum absolute atomic E-state index is 6.32. The van der Waals surface area contributed by atoms with E-state index in [9.17, 15) is 0 Å². The maximum Gasteiger partial charge on any atom is 0.171 e. The average molecular weight is 308 g/mol. The van der Waals surface area contributed by atoms with Crippen LogP contribution in [0.1, 0.15) is 30.3 Å². The van der Waals surface area contributed by atoms with Gasteiger partial charge in [-0.3, -0.25) is 4.68 Å². The van der Waals surface area contributed by atoms with Gasteiger partial charge in [-0.25, -0.2) is 0 Å². The minimum Gasteiger partial charge on any atom is -0.453 e. The molecule has 2 rings (SSSR count). The van der Waals surface area contributed by atoms with Crippen LogP contribution in [0.4, 0.5) is 0 Å². The van der Waals surface area contributed by atoms with E-state index < -0.39 is 0 Å². The number of aromatic nitrogens is 2. The molecule has 1 N–H and O–H groups in total.